The summed E-state index contributed by atoms with van der Waals surface area (Å²) in [6, 6.07) is 1.86. The van der Waals surface area contributed by atoms with E-state index in [2.05, 4.69) is 30.6 Å². The van der Waals surface area contributed by atoms with Crippen molar-refractivity contribution in [3.63, 3.8) is 0 Å². The van der Waals surface area contributed by atoms with E-state index in [9.17, 15) is 4.79 Å². The molecule has 1 atom stereocenters. The first-order valence-electron chi connectivity index (χ1n) is 8.08. The molecule has 126 valence electrons. The number of hydrogen-bond acceptors (Lipinski definition) is 7. The van der Waals surface area contributed by atoms with Gasteiger partial charge >= 0.3 is 0 Å². The smallest absolute Gasteiger partial charge is 0.237 e. The number of carbonyl (C=O) groups excluding carboxylic acids is 1. The van der Waals surface area contributed by atoms with Crippen molar-refractivity contribution in [3.8, 4) is 0 Å². The van der Waals surface area contributed by atoms with E-state index in [4.69, 9.17) is 0 Å². The van der Waals surface area contributed by atoms with Crippen LogP contribution in [-0.4, -0.2) is 50.9 Å². The van der Waals surface area contributed by atoms with Gasteiger partial charge in [-0.2, -0.15) is 0 Å². The summed E-state index contributed by atoms with van der Waals surface area (Å²) in [6.45, 7) is 1.11. The zero-order valence-electron chi connectivity index (χ0n) is 13.6. The first-order chi connectivity index (χ1) is 11.8. The molecule has 0 spiro atoms. The molecule has 1 saturated heterocycles. The van der Waals surface area contributed by atoms with Gasteiger partial charge in [0.15, 0.2) is 5.82 Å². The summed E-state index contributed by atoms with van der Waals surface area (Å²) in [5.41, 5.74) is 0.848. The monoisotopic (exact) mass is 327 g/mol. The molecule has 0 saturated carbocycles. The van der Waals surface area contributed by atoms with Crippen molar-refractivity contribution in [2.75, 3.05) is 25.5 Å². The molecule has 0 radical (unpaired) electrons. The first-order valence-corrected chi connectivity index (χ1v) is 8.08. The van der Waals surface area contributed by atoms with Gasteiger partial charge in [-0.3, -0.25) is 9.78 Å². The van der Waals surface area contributed by atoms with E-state index >= 15 is 0 Å². The third kappa shape index (κ3) is 3.83. The van der Waals surface area contributed by atoms with E-state index in [0.29, 0.717) is 18.3 Å². The van der Waals surface area contributed by atoms with E-state index in [1.54, 1.807) is 31.8 Å². The number of carbonyl (C=O) groups is 1. The molecule has 1 aliphatic heterocycles. The first kappa shape index (κ1) is 16.3. The van der Waals surface area contributed by atoms with Gasteiger partial charge in [-0.25, -0.2) is 15.0 Å². The van der Waals surface area contributed by atoms with Gasteiger partial charge in [-0.05, 0) is 32.4 Å². The highest BCUT2D eigenvalue weighted by Gasteiger charge is 2.28. The van der Waals surface area contributed by atoms with Crippen molar-refractivity contribution in [1.82, 2.24) is 30.2 Å². The molecule has 3 rings (SSSR count). The molecule has 0 bridgehead atoms. The van der Waals surface area contributed by atoms with Gasteiger partial charge in [0.2, 0.25) is 11.9 Å². The van der Waals surface area contributed by atoms with E-state index in [1.165, 1.54) is 0 Å². The molecule has 0 aliphatic carbocycles. The van der Waals surface area contributed by atoms with Crippen LogP contribution in [0, 0.1) is 0 Å². The SMILES string of the molecule is CNCC(=O)N1CCCCC1c1ccnc(Nc2cnccn2)n1. The van der Waals surface area contributed by atoms with Gasteiger partial charge in [-0.1, -0.05) is 0 Å². The molecule has 0 aromatic carbocycles. The average Bonchev–Trinajstić information content (AvgIpc) is 2.63. The molecule has 3 heterocycles. The molecule has 1 fully saturated rings. The van der Waals surface area contributed by atoms with Crippen LogP contribution in [0.15, 0.2) is 30.9 Å². The number of anilines is 2. The molecule has 1 amide bonds. The minimum Gasteiger partial charge on any atom is -0.333 e. The number of aromatic nitrogens is 4. The van der Waals surface area contributed by atoms with Crippen molar-refractivity contribution in [1.29, 1.82) is 0 Å². The van der Waals surface area contributed by atoms with Crippen LogP contribution in [0.4, 0.5) is 11.8 Å². The Morgan fingerprint density at radius 2 is 2.21 bits per heavy atom. The second-order valence-corrected chi connectivity index (χ2v) is 5.65. The molecular weight excluding hydrogens is 306 g/mol. The molecule has 2 N–H and O–H groups in total. The van der Waals surface area contributed by atoms with Crippen molar-refractivity contribution in [2.24, 2.45) is 0 Å². The van der Waals surface area contributed by atoms with E-state index < -0.39 is 0 Å². The number of amides is 1. The number of hydrogen-bond donors (Lipinski definition) is 2. The van der Waals surface area contributed by atoms with Crippen molar-refractivity contribution >= 4 is 17.7 Å². The Hall–Kier alpha value is -2.61. The van der Waals surface area contributed by atoms with Crippen LogP contribution in [0.2, 0.25) is 0 Å². The number of rotatable bonds is 5. The number of piperidine rings is 1. The minimum absolute atomic E-state index is 0.00925. The maximum absolute atomic E-state index is 12.3. The Kier molecular flexibility index (Phi) is 5.27. The van der Waals surface area contributed by atoms with Gasteiger partial charge in [0.25, 0.3) is 0 Å². The summed E-state index contributed by atoms with van der Waals surface area (Å²) in [7, 11) is 1.78. The third-order valence-electron chi connectivity index (χ3n) is 3.97. The van der Waals surface area contributed by atoms with Crippen molar-refractivity contribution < 1.29 is 4.79 Å². The zero-order valence-corrected chi connectivity index (χ0v) is 13.6. The molecule has 2 aromatic rings. The second kappa shape index (κ2) is 7.78. The minimum atomic E-state index is -0.00925. The Balaban J connectivity index is 1.79. The molecule has 1 unspecified atom stereocenters. The predicted octanol–water partition coefficient (Wildman–Crippen LogP) is 1.28. The van der Waals surface area contributed by atoms with Gasteiger partial charge in [0.05, 0.1) is 24.5 Å². The van der Waals surface area contributed by atoms with E-state index in [1.807, 2.05) is 11.0 Å². The molecule has 1 aliphatic rings. The standard InChI is InChI=1S/C16H21N7O/c1-17-11-15(24)23-9-3-2-4-13(23)12-5-6-20-16(21-12)22-14-10-18-7-8-19-14/h5-8,10,13,17H,2-4,9,11H2,1H3,(H,19,20,21,22). The van der Waals surface area contributed by atoms with Crippen LogP contribution >= 0.6 is 0 Å². The van der Waals surface area contributed by atoms with Gasteiger partial charge in [0.1, 0.15) is 0 Å². The van der Waals surface area contributed by atoms with Crippen molar-refractivity contribution in [3.05, 3.63) is 36.5 Å². The summed E-state index contributed by atoms with van der Waals surface area (Å²) in [5, 5.41) is 5.97. The molecule has 24 heavy (non-hydrogen) atoms. The van der Waals surface area contributed by atoms with Crippen molar-refractivity contribution in [2.45, 2.75) is 25.3 Å². The summed E-state index contributed by atoms with van der Waals surface area (Å²) in [4.78, 5) is 31.2. The van der Waals surface area contributed by atoms with Gasteiger partial charge < -0.3 is 15.5 Å². The van der Waals surface area contributed by atoms with Crippen LogP contribution in [0.5, 0.6) is 0 Å². The summed E-state index contributed by atoms with van der Waals surface area (Å²) >= 11 is 0. The maximum atomic E-state index is 12.3. The quantitative estimate of drug-likeness (QED) is 0.854. The van der Waals surface area contributed by atoms with Crippen LogP contribution in [0.3, 0.4) is 0 Å². The third-order valence-corrected chi connectivity index (χ3v) is 3.97. The summed E-state index contributed by atoms with van der Waals surface area (Å²) < 4.78 is 0. The lowest BCUT2D eigenvalue weighted by Crippen LogP contribution is -2.42. The fourth-order valence-electron chi connectivity index (χ4n) is 2.89. The zero-order chi connectivity index (χ0) is 16.8. The Labute approximate surface area is 140 Å². The average molecular weight is 327 g/mol. The normalized spacial score (nSPS) is 17.5. The number of nitrogens with one attached hydrogen (secondary N) is 2. The lowest BCUT2D eigenvalue weighted by atomic mass is 9.99. The number of likely N-dealkylation sites (tertiary alicyclic amines) is 1. The Bertz CT molecular complexity index is 679. The molecular formula is C16H21N7O. The van der Waals surface area contributed by atoms with E-state index in [-0.39, 0.29) is 11.9 Å². The number of likely N-dealkylation sites (N-methyl/N-ethyl adjacent to an activating group) is 1. The fourth-order valence-corrected chi connectivity index (χ4v) is 2.89. The lowest BCUT2D eigenvalue weighted by molar-refractivity contribution is -0.134. The number of nitrogens with zero attached hydrogens (tertiary/aromatic N) is 5. The highest BCUT2D eigenvalue weighted by molar-refractivity contribution is 5.78. The van der Waals surface area contributed by atoms with Gasteiger partial charge in [-0.15, -0.1) is 0 Å². The second-order valence-electron chi connectivity index (χ2n) is 5.65. The van der Waals surface area contributed by atoms with Crippen LogP contribution in [-0.2, 0) is 4.79 Å². The maximum Gasteiger partial charge on any atom is 0.237 e. The largest absolute Gasteiger partial charge is 0.333 e. The van der Waals surface area contributed by atoms with Crippen LogP contribution in [0.25, 0.3) is 0 Å². The summed E-state index contributed by atoms with van der Waals surface area (Å²) in [6.07, 6.45) is 9.56. The molecule has 8 nitrogen and oxygen atoms in total. The fraction of sp³-hybridized carbons (Fsp3) is 0.438. The lowest BCUT2D eigenvalue weighted by Gasteiger charge is -2.35. The van der Waals surface area contributed by atoms with Crippen LogP contribution in [0.1, 0.15) is 31.0 Å². The summed E-state index contributed by atoms with van der Waals surface area (Å²) in [5.74, 6) is 1.14. The van der Waals surface area contributed by atoms with E-state index in [0.717, 1.165) is 31.5 Å². The predicted molar refractivity (Wildman–Crippen MR) is 89.6 cm³/mol. The van der Waals surface area contributed by atoms with Gasteiger partial charge in [0, 0.05) is 25.1 Å². The highest BCUT2D eigenvalue weighted by Crippen LogP contribution is 2.30. The molecule has 8 heteroatoms. The topological polar surface area (TPSA) is 95.9 Å². The Morgan fingerprint density at radius 1 is 1.29 bits per heavy atom. The highest BCUT2D eigenvalue weighted by atomic mass is 16.2. The van der Waals surface area contributed by atoms with Crippen LogP contribution < -0.4 is 10.6 Å². The Morgan fingerprint density at radius 3 is 3.00 bits per heavy atom. The molecule has 2 aromatic heterocycles.